The zero-order valence-electron chi connectivity index (χ0n) is 13.6. The number of piperazine rings is 1. The number of anilines is 2. The van der Waals surface area contributed by atoms with Gasteiger partial charge in [0.05, 0.1) is 5.75 Å². The van der Waals surface area contributed by atoms with Crippen LogP contribution >= 0.6 is 0 Å². The van der Waals surface area contributed by atoms with Gasteiger partial charge in [0.2, 0.25) is 10.0 Å². The molecular formula is C16H21N5O2S. The summed E-state index contributed by atoms with van der Waals surface area (Å²) in [6, 6.07) is 11.2. The van der Waals surface area contributed by atoms with E-state index >= 15 is 0 Å². The second kappa shape index (κ2) is 7.14. The third kappa shape index (κ3) is 3.82. The topological polar surface area (TPSA) is 78.4 Å². The van der Waals surface area contributed by atoms with Gasteiger partial charge >= 0.3 is 0 Å². The molecular weight excluding hydrogens is 326 g/mol. The fourth-order valence-corrected chi connectivity index (χ4v) is 4.24. The van der Waals surface area contributed by atoms with E-state index < -0.39 is 10.0 Å². The maximum atomic E-state index is 12.6. The van der Waals surface area contributed by atoms with Crippen LogP contribution in [0.2, 0.25) is 0 Å². The highest BCUT2D eigenvalue weighted by Crippen LogP contribution is 2.18. The maximum Gasteiger partial charge on any atom is 0.218 e. The SMILES string of the molecule is CNc1cc(N2CCN(S(=O)(=O)Cc3ccccc3)CC2)ncn1. The van der Waals surface area contributed by atoms with Crippen molar-refractivity contribution in [3.8, 4) is 0 Å². The fraction of sp³-hybridized carbons (Fsp3) is 0.375. The largest absolute Gasteiger partial charge is 0.373 e. The summed E-state index contributed by atoms with van der Waals surface area (Å²) < 4.78 is 26.7. The molecule has 1 aromatic heterocycles. The second-order valence-electron chi connectivity index (χ2n) is 5.64. The first-order valence-corrected chi connectivity index (χ1v) is 9.46. The molecule has 8 heteroatoms. The summed E-state index contributed by atoms with van der Waals surface area (Å²) >= 11 is 0. The first-order chi connectivity index (χ1) is 11.6. The molecule has 7 nitrogen and oxygen atoms in total. The summed E-state index contributed by atoms with van der Waals surface area (Å²) in [5.41, 5.74) is 0.814. The van der Waals surface area contributed by atoms with E-state index in [1.807, 2.05) is 36.4 Å². The average molecular weight is 347 g/mol. The normalized spacial score (nSPS) is 16.1. The van der Waals surface area contributed by atoms with Crippen molar-refractivity contribution in [2.45, 2.75) is 5.75 Å². The van der Waals surface area contributed by atoms with Gasteiger partial charge in [0, 0.05) is 39.3 Å². The van der Waals surface area contributed by atoms with Crippen LogP contribution in [0.25, 0.3) is 0 Å². The summed E-state index contributed by atoms with van der Waals surface area (Å²) in [5.74, 6) is 1.61. The molecule has 1 saturated heterocycles. The molecule has 0 atom stereocenters. The molecule has 2 heterocycles. The molecule has 2 aromatic rings. The van der Waals surface area contributed by atoms with Crippen molar-refractivity contribution >= 4 is 21.7 Å². The number of rotatable bonds is 5. The number of nitrogens with one attached hydrogen (secondary N) is 1. The summed E-state index contributed by atoms with van der Waals surface area (Å²) in [4.78, 5) is 10.5. The zero-order valence-corrected chi connectivity index (χ0v) is 14.4. The zero-order chi connectivity index (χ0) is 17.0. The van der Waals surface area contributed by atoms with Crippen LogP contribution in [0, 0.1) is 0 Å². The van der Waals surface area contributed by atoms with Crippen molar-refractivity contribution in [3.63, 3.8) is 0 Å². The molecule has 1 aliphatic heterocycles. The first kappa shape index (κ1) is 16.7. The third-order valence-corrected chi connectivity index (χ3v) is 5.91. The molecule has 1 aromatic carbocycles. The van der Waals surface area contributed by atoms with Crippen LogP contribution in [0.1, 0.15) is 5.56 Å². The van der Waals surface area contributed by atoms with Crippen LogP contribution in [-0.2, 0) is 15.8 Å². The Morgan fingerprint density at radius 3 is 2.46 bits per heavy atom. The molecule has 24 heavy (non-hydrogen) atoms. The minimum absolute atomic E-state index is 0.0469. The van der Waals surface area contributed by atoms with Crippen molar-refractivity contribution in [3.05, 3.63) is 48.3 Å². The fourth-order valence-electron chi connectivity index (χ4n) is 2.73. The van der Waals surface area contributed by atoms with Crippen molar-refractivity contribution < 1.29 is 8.42 Å². The lowest BCUT2D eigenvalue weighted by atomic mass is 10.2. The Balaban J connectivity index is 1.64. The monoisotopic (exact) mass is 347 g/mol. The van der Waals surface area contributed by atoms with E-state index in [4.69, 9.17) is 0 Å². The van der Waals surface area contributed by atoms with Crippen molar-refractivity contribution in [2.24, 2.45) is 0 Å². The highest BCUT2D eigenvalue weighted by molar-refractivity contribution is 7.88. The van der Waals surface area contributed by atoms with Gasteiger partial charge in [-0.3, -0.25) is 0 Å². The molecule has 0 aliphatic carbocycles. The van der Waals surface area contributed by atoms with Crippen LogP contribution in [0.15, 0.2) is 42.7 Å². The number of hydrogen-bond donors (Lipinski definition) is 1. The Bertz CT molecular complexity index is 774. The predicted molar refractivity (Wildman–Crippen MR) is 94.4 cm³/mol. The Kier molecular flexibility index (Phi) is 4.96. The van der Waals surface area contributed by atoms with Crippen LogP contribution in [-0.4, -0.2) is 55.9 Å². The van der Waals surface area contributed by atoms with Gasteiger partial charge in [-0.15, -0.1) is 0 Å². The molecule has 0 radical (unpaired) electrons. The van der Waals surface area contributed by atoms with Gasteiger partial charge < -0.3 is 10.2 Å². The molecule has 1 N–H and O–H groups in total. The summed E-state index contributed by atoms with van der Waals surface area (Å²) in [7, 11) is -1.49. The van der Waals surface area contributed by atoms with Crippen molar-refractivity contribution in [2.75, 3.05) is 43.4 Å². The van der Waals surface area contributed by atoms with Crippen molar-refractivity contribution in [1.82, 2.24) is 14.3 Å². The minimum atomic E-state index is -3.29. The van der Waals surface area contributed by atoms with Gasteiger partial charge in [0.25, 0.3) is 0 Å². The Hall–Kier alpha value is -2.19. The van der Waals surface area contributed by atoms with E-state index in [-0.39, 0.29) is 5.75 Å². The lowest BCUT2D eigenvalue weighted by Gasteiger charge is -2.34. The number of hydrogen-bond acceptors (Lipinski definition) is 6. The number of aromatic nitrogens is 2. The molecule has 1 fully saturated rings. The predicted octanol–water partition coefficient (Wildman–Crippen LogP) is 1.17. The van der Waals surface area contributed by atoms with Gasteiger partial charge in [-0.1, -0.05) is 30.3 Å². The summed E-state index contributed by atoms with van der Waals surface area (Å²) in [6.07, 6.45) is 1.51. The molecule has 128 valence electrons. The maximum absolute atomic E-state index is 12.6. The molecule has 0 unspecified atom stereocenters. The summed E-state index contributed by atoms with van der Waals surface area (Å²) in [6.45, 7) is 2.17. The highest BCUT2D eigenvalue weighted by atomic mass is 32.2. The summed E-state index contributed by atoms with van der Waals surface area (Å²) in [5, 5.41) is 2.98. The van der Waals surface area contributed by atoms with Gasteiger partial charge in [0.1, 0.15) is 18.0 Å². The van der Waals surface area contributed by atoms with E-state index in [2.05, 4.69) is 20.2 Å². The second-order valence-corrected chi connectivity index (χ2v) is 7.61. The standard InChI is InChI=1S/C16H21N5O2S/c1-17-15-11-16(19-13-18-15)20-7-9-21(10-8-20)24(22,23)12-14-5-3-2-4-6-14/h2-6,11,13H,7-10,12H2,1H3,(H,17,18,19). The van der Waals surface area contributed by atoms with E-state index in [0.717, 1.165) is 17.2 Å². The first-order valence-electron chi connectivity index (χ1n) is 7.85. The smallest absolute Gasteiger partial charge is 0.218 e. The Morgan fingerprint density at radius 2 is 1.79 bits per heavy atom. The lowest BCUT2D eigenvalue weighted by Crippen LogP contribution is -2.49. The Labute approximate surface area is 142 Å². The van der Waals surface area contributed by atoms with Gasteiger partial charge in [0.15, 0.2) is 0 Å². The van der Waals surface area contributed by atoms with Crippen LogP contribution < -0.4 is 10.2 Å². The van der Waals surface area contributed by atoms with Crippen molar-refractivity contribution in [1.29, 1.82) is 0 Å². The van der Waals surface area contributed by atoms with Gasteiger partial charge in [-0.05, 0) is 5.56 Å². The third-order valence-electron chi connectivity index (χ3n) is 4.06. The number of benzene rings is 1. The van der Waals surface area contributed by atoms with E-state index in [1.165, 1.54) is 6.33 Å². The molecule has 0 saturated carbocycles. The Morgan fingerprint density at radius 1 is 1.08 bits per heavy atom. The van der Waals surface area contributed by atoms with Crippen LogP contribution in [0.4, 0.5) is 11.6 Å². The highest BCUT2D eigenvalue weighted by Gasteiger charge is 2.27. The van der Waals surface area contributed by atoms with E-state index in [1.54, 1.807) is 11.4 Å². The quantitative estimate of drug-likeness (QED) is 0.875. The van der Waals surface area contributed by atoms with Crippen LogP contribution in [0.5, 0.6) is 0 Å². The van der Waals surface area contributed by atoms with Crippen LogP contribution in [0.3, 0.4) is 0 Å². The van der Waals surface area contributed by atoms with Gasteiger partial charge in [-0.25, -0.2) is 18.4 Å². The number of sulfonamides is 1. The molecule has 3 rings (SSSR count). The van der Waals surface area contributed by atoms with E-state index in [9.17, 15) is 8.42 Å². The average Bonchev–Trinajstić information content (AvgIpc) is 2.62. The lowest BCUT2D eigenvalue weighted by molar-refractivity contribution is 0.383. The molecule has 1 aliphatic rings. The molecule has 0 amide bonds. The van der Waals surface area contributed by atoms with E-state index in [0.29, 0.717) is 26.2 Å². The number of nitrogens with zero attached hydrogens (tertiary/aromatic N) is 4. The molecule has 0 spiro atoms. The minimum Gasteiger partial charge on any atom is -0.373 e. The molecule has 0 bridgehead atoms. The van der Waals surface area contributed by atoms with Gasteiger partial charge in [-0.2, -0.15) is 4.31 Å².